The zero-order chi connectivity index (χ0) is 16.1. The van der Waals surface area contributed by atoms with E-state index in [1.54, 1.807) is 0 Å². The number of hydrogen-bond acceptors (Lipinski definition) is 5. The fraction of sp³-hybridized carbons (Fsp3) is 0.444. The van der Waals surface area contributed by atoms with Crippen molar-refractivity contribution in [1.82, 2.24) is 15.3 Å². The highest BCUT2D eigenvalue weighted by Gasteiger charge is 2.15. The van der Waals surface area contributed by atoms with Gasteiger partial charge in [0.15, 0.2) is 0 Å². The summed E-state index contributed by atoms with van der Waals surface area (Å²) in [5.41, 5.74) is 3.42. The van der Waals surface area contributed by atoms with E-state index in [4.69, 9.17) is 9.97 Å². The minimum atomic E-state index is 0.840. The third-order valence-electron chi connectivity index (χ3n) is 4.00. The van der Waals surface area contributed by atoms with Gasteiger partial charge in [-0.25, -0.2) is 4.98 Å². The third kappa shape index (κ3) is 4.20. The first-order valence-corrected chi connectivity index (χ1v) is 8.42. The van der Waals surface area contributed by atoms with Crippen LogP contribution in [0.5, 0.6) is 0 Å². The Bertz CT molecular complexity index is 632. The van der Waals surface area contributed by atoms with Crippen LogP contribution in [-0.4, -0.2) is 36.1 Å². The highest BCUT2D eigenvalue weighted by molar-refractivity contribution is 5.58. The molecule has 0 radical (unpaired) electrons. The maximum atomic E-state index is 4.75. The van der Waals surface area contributed by atoms with E-state index in [0.717, 1.165) is 62.2 Å². The molecule has 2 heterocycles. The second kappa shape index (κ2) is 7.42. The van der Waals surface area contributed by atoms with E-state index in [0.29, 0.717) is 0 Å². The molecule has 0 aliphatic carbocycles. The summed E-state index contributed by atoms with van der Waals surface area (Å²) in [4.78, 5) is 11.7. The normalized spacial score (nSPS) is 14.8. The lowest BCUT2D eigenvalue weighted by Gasteiger charge is -2.28. The van der Waals surface area contributed by atoms with Crippen LogP contribution in [0.3, 0.4) is 0 Å². The molecular weight excluding hydrogens is 286 g/mol. The Morgan fingerprint density at radius 3 is 2.57 bits per heavy atom. The molecule has 0 unspecified atom stereocenters. The van der Waals surface area contributed by atoms with Gasteiger partial charge in [-0.1, -0.05) is 31.0 Å². The first kappa shape index (κ1) is 15.7. The summed E-state index contributed by atoms with van der Waals surface area (Å²) < 4.78 is 0. The number of aryl methyl sites for hydroxylation is 2. The predicted octanol–water partition coefficient (Wildman–Crippen LogP) is 2.89. The molecular formula is C18H25N5. The Kier molecular flexibility index (Phi) is 5.08. The van der Waals surface area contributed by atoms with Crippen LogP contribution in [0.25, 0.3) is 0 Å². The average molecular weight is 311 g/mol. The lowest BCUT2D eigenvalue weighted by Crippen LogP contribution is -2.44. The van der Waals surface area contributed by atoms with Crippen molar-refractivity contribution in [2.75, 3.05) is 36.4 Å². The molecule has 0 spiro atoms. The highest BCUT2D eigenvalue weighted by atomic mass is 15.3. The second-order valence-corrected chi connectivity index (χ2v) is 6.02. The van der Waals surface area contributed by atoms with Crippen molar-refractivity contribution >= 4 is 17.5 Å². The quantitative estimate of drug-likeness (QED) is 0.889. The average Bonchev–Trinajstić information content (AvgIpc) is 2.58. The van der Waals surface area contributed by atoms with Gasteiger partial charge in [-0.3, -0.25) is 0 Å². The monoisotopic (exact) mass is 311 g/mol. The third-order valence-corrected chi connectivity index (χ3v) is 4.00. The van der Waals surface area contributed by atoms with Crippen LogP contribution in [0.2, 0.25) is 0 Å². The molecule has 1 aromatic heterocycles. The number of rotatable bonds is 5. The van der Waals surface area contributed by atoms with Gasteiger partial charge in [-0.2, -0.15) is 4.98 Å². The van der Waals surface area contributed by atoms with E-state index in [9.17, 15) is 0 Å². The summed E-state index contributed by atoms with van der Waals surface area (Å²) in [6, 6.07) is 10.4. The van der Waals surface area contributed by atoms with Crippen molar-refractivity contribution in [2.24, 2.45) is 0 Å². The van der Waals surface area contributed by atoms with Gasteiger partial charge in [0.1, 0.15) is 5.82 Å². The van der Waals surface area contributed by atoms with E-state index in [2.05, 4.69) is 59.7 Å². The molecule has 1 saturated heterocycles. The summed E-state index contributed by atoms with van der Waals surface area (Å²) in [5, 5.41) is 6.79. The number of aromatic nitrogens is 2. The number of piperazine rings is 1. The fourth-order valence-corrected chi connectivity index (χ4v) is 2.72. The summed E-state index contributed by atoms with van der Waals surface area (Å²) >= 11 is 0. The molecule has 0 bridgehead atoms. The lowest BCUT2D eigenvalue weighted by molar-refractivity contribution is 0.579. The van der Waals surface area contributed by atoms with Gasteiger partial charge < -0.3 is 15.5 Å². The van der Waals surface area contributed by atoms with Crippen molar-refractivity contribution in [1.29, 1.82) is 0 Å². The molecule has 1 aliphatic heterocycles. The van der Waals surface area contributed by atoms with E-state index in [-0.39, 0.29) is 0 Å². The largest absolute Gasteiger partial charge is 0.340 e. The summed E-state index contributed by atoms with van der Waals surface area (Å²) in [5.74, 6) is 1.72. The molecule has 2 aromatic rings. The van der Waals surface area contributed by atoms with Crippen LogP contribution >= 0.6 is 0 Å². The van der Waals surface area contributed by atoms with Gasteiger partial charge in [0.25, 0.3) is 0 Å². The minimum absolute atomic E-state index is 0.840. The molecule has 1 fully saturated rings. The first-order chi connectivity index (χ1) is 11.2. The molecule has 0 atom stereocenters. The zero-order valence-electron chi connectivity index (χ0n) is 14.0. The van der Waals surface area contributed by atoms with Crippen molar-refractivity contribution < 1.29 is 0 Å². The fourth-order valence-electron chi connectivity index (χ4n) is 2.72. The van der Waals surface area contributed by atoms with Gasteiger partial charge >= 0.3 is 0 Å². The molecule has 2 N–H and O–H groups in total. The maximum Gasteiger partial charge on any atom is 0.227 e. The van der Waals surface area contributed by atoms with Crippen molar-refractivity contribution in [2.45, 2.75) is 26.7 Å². The van der Waals surface area contributed by atoms with Crippen molar-refractivity contribution in [3.05, 3.63) is 41.6 Å². The number of benzene rings is 1. The van der Waals surface area contributed by atoms with Crippen LogP contribution in [0.1, 0.15) is 24.6 Å². The Balaban J connectivity index is 1.85. The number of nitrogens with zero attached hydrogens (tertiary/aromatic N) is 3. The Labute approximate surface area is 138 Å². The summed E-state index contributed by atoms with van der Waals surface area (Å²) in [6.07, 6.45) is 2.06. The van der Waals surface area contributed by atoms with Crippen molar-refractivity contribution in [3.8, 4) is 0 Å². The standard InChI is InChI=1S/C18H25N5/c1-3-4-16-13-17(20-15-7-5-14(2)6-8-15)22-18(21-16)23-11-9-19-10-12-23/h5-8,13,19H,3-4,9-12H2,1-2H3,(H,20,21,22). The lowest BCUT2D eigenvalue weighted by atomic mass is 10.2. The van der Waals surface area contributed by atoms with E-state index >= 15 is 0 Å². The molecule has 1 aliphatic rings. The van der Waals surface area contributed by atoms with E-state index in [1.165, 1.54) is 5.56 Å². The van der Waals surface area contributed by atoms with Gasteiger partial charge in [0.05, 0.1) is 0 Å². The van der Waals surface area contributed by atoms with Crippen LogP contribution in [0.15, 0.2) is 30.3 Å². The number of nitrogens with one attached hydrogen (secondary N) is 2. The topological polar surface area (TPSA) is 53.1 Å². The molecule has 23 heavy (non-hydrogen) atoms. The van der Waals surface area contributed by atoms with Crippen LogP contribution in [-0.2, 0) is 6.42 Å². The number of anilines is 3. The molecule has 3 rings (SSSR count). The maximum absolute atomic E-state index is 4.75. The SMILES string of the molecule is CCCc1cc(Nc2ccc(C)cc2)nc(N2CCNCC2)n1. The van der Waals surface area contributed by atoms with Crippen LogP contribution in [0.4, 0.5) is 17.5 Å². The molecule has 0 saturated carbocycles. The Morgan fingerprint density at radius 1 is 1.13 bits per heavy atom. The number of hydrogen-bond donors (Lipinski definition) is 2. The smallest absolute Gasteiger partial charge is 0.227 e. The summed E-state index contributed by atoms with van der Waals surface area (Å²) in [7, 11) is 0. The molecule has 5 nitrogen and oxygen atoms in total. The van der Waals surface area contributed by atoms with Gasteiger partial charge in [-0.05, 0) is 25.5 Å². The summed E-state index contributed by atoms with van der Waals surface area (Å²) in [6.45, 7) is 8.17. The highest BCUT2D eigenvalue weighted by Crippen LogP contribution is 2.20. The Morgan fingerprint density at radius 2 is 1.87 bits per heavy atom. The van der Waals surface area contributed by atoms with Crippen LogP contribution < -0.4 is 15.5 Å². The molecule has 5 heteroatoms. The van der Waals surface area contributed by atoms with Gasteiger partial charge in [-0.15, -0.1) is 0 Å². The van der Waals surface area contributed by atoms with E-state index in [1.807, 2.05) is 0 Å². The molecule has 122 valence electrons. The van der Waals surface area contributed by atoms with Crippen molar-refractivity contribution in [3.63, 3.8) is 0 Å². The zero-order valence-corrected chi connectivity index (χ0v) is 14.0. The predicted molar refractivity (Wildman–Crippen MR) is 95.6 cm³/mol. The molecule has 1 aromatic carbocycles. The van der Waals surface area contributed by atoms with Gasteiger partial charge in [0, 0.05) is 43.6 Å². The van der Waals surface area contributed by atoms with Crippen LogP contribution in [0, 0.1) is 6.92 Å². The van der Waals surface area contributed by atoms with E-state index < -0.39 is 0 Å². The first-order valence-electron chi connectivity index (χ1n) is 8.42. The minimum Gasteiger partial charge on any atom is -0.340 e. The Hall–Kier alpha value is -2.14. The van der Waals surface area contributed by atoms with Gasteiger partial charge in [0.2, 0.25) is 5.95 Å². The molecule has 0 amide bonds. The second-order valence-electron chi connectivity index (χ2n) is 6.02.